The fraction of sp³-hybridized carbons (Fsp3) is 0.381. The molecule has 0 atom stereocenters. The standard InChI is InChI=1S/C21H25ClN4/c22-17-6-5-7-18(16-17)26-14-12-25(13-15-26)11-4-3-10-21-23-19-8-1-2-9-20(19)24-21/h1-2,5-9,16H,3-4,10-15H2,(H,23,24)/p+1. The Balaban J connectivity index is 1.19. The molecular weight excluding hydrogens is 344 g/mol. The van der Waals surface area contributed by atoms with Crippen molar-refractivity contribution in [2.45, 2.75) is 19.3 Å². The molecule has 4 nitrogen and oxygen atoms in total. The number of aromatic amines is 1. The van der Waals surface area contributed by atoms with Gasteiger partial charge in [0.15, 0.2) is 0 Å². The summed E-state index contributed by atoms with van der Waals surface area (Å²) in [7, 11) is 0. The van der Waals surface area contributed by atoms with E-state index in [2.05, 4.69) is 45.2 Å². The van der Waals surface area contributed by atoms with Crippen LogP contribution in [0.4, 0.5) is 5.69 Å². The van der Waals surface area contributed by atoms with Crippen molar-refractivity contribution in [1.82, 2.24) is 9.97 Å². The lowest BCUT2D eigenvalue weighted by atomic mass is 10.2. The van der Waals surface area contributed by atoms with Gasteiger partial charge in [-0.15, -0.1) is 0 Å². The van der Waals surface area contributed by atoms with Crippen LogP contribution >= 0.6 is 11.6 Å². The van der Waals surface area contributed by atoms with Crippen LogP contribution in [0, 0.1) is 0 Å². The molecule has 3 aromatic rings. The van der Waals surface area contributed by atoms with E-state index < -0.39 is 0 Å². The number of H-pyrrole nitrogens is 1. The van der Waals surface area contributed by atoms with Gasteiger partial charge in [0.2, 0.25) is 0 Å². The van der Waals surface area contributed by atoms with Crippen LogP contribution in [-0.2, 0) is 6.42 Å². The van der Waals surface area contributed by atoms with Crippen LogP contribution in [0.1, 0.15) is 18.7 Å². The van der Waals surface area contributed by atoms with Gasteiger partial charge in [-0.2, -0.15) is 0 Å². The van der Waals surface area contributed by atoms with Crippen LogP contribution < -0.4 is 9.80 Å². The van der Waals surface area contributed by atoms with Gasteiger partial charge in [0, 0.05) is 17.1 Å². The molecule has 0 bridgehead atoms. The highest BCUT2D eigenvalue weighted by Gasteiger charge is 2.19. The van der Waals surface area contributed by atoms with Crippen molar-refractivity contribution >= 4 is 28.3 Å². The second kappa shape index (κ2) is 8.11. The first-order valence-electron chi connectivity index (χ1n) is 9.56. The summed E-state index contributed by atoms with van der Waals surface area (Å²) in [6, 6.07) is 16.5. The average molecular weight is 370 g/mol. The highest BCUT2D eigenvalue weighted by Crippen LogP contribution is 2.19. The van der Waals surface area contributed by atoms with Crippen LogP contribution in [-0.4, -0.2) is 42.7 Å². The van der Waals surface area contributed by atoms with E-state index in [4.69, 9.17) is 11.6 Å². The Bertz CT molecular complexity index is 819. The summed E-state index contributed by atoms with van der Waals surface area (Å²) >= 11 is 6.11. The van der Waals surface area contributed by atoms with E-state index in [0.717, 1.165) is 41.4 Å². The number of halogens is 1. The third kappa shape index (κ3) is 4.19. The lowest BCUT2D eigenvalue weighted by molar-refractivity contribution is -0.900. The molecule has 0 saturated carbocycles. The smallest absolute Gasteiger partial charge is 0.107 e. The van der Waals surface area contributed by atoms with Crippen molar-refractivity contribution in [3.05, 3.63) is 59.4 Å². The molecule has 0 spiro atoms. The first-order chi connectivity index (χ1) is 12.8. The molecular formula is C21H26ClN4+. The van der Waals surface area contributed by atoms with Crippen LogP contribution in [0.3, 0.4) is 0 Å². The summed E-state index contributed by atoms with van der Waals surface area (Å²) in [4.78, 5) is 12.3. The van der Waals surface area contributed by atoms with Crippen molar-refractivity contribution in [2.75, 3.05) is 37.6 Å². The number of aromatic nitrogens is 2. The van der Waals surface area contributed by atoms with E-state index in [1.165, 1.54) is 38.2 Å². The maximum atomic E-state index is 6.11. The molecule has 0 aliphatic carbocycles. The number of piperazine rings is 1. The Morgan fingerprint density at radius 3 is 2.69 bits per heavy atom. The summed E-state index contributed by atoms with van der Waals surface area (Å²) in [5, 5.41) is 0.822. The molecule has 1 aliphatic rings. The Labute approximate surface area is 159 Å². The zero-order valence-corrected chi connectivity index (χ0v) is 15.8. The number of benzene rings is 2. The molecule has 2 N–H and O–H groups in total. The van der Waals surface area contributed by atoms with Crippen molar-refractivity contribution in [3.8, 4) is 0 Å². The highest BCUT2D eigenvalue weighted by atomic mass is 35.5. The molecule has 26 heavy (non-hydrogen) atoms. The maximum absolute atomic E-state index is 6.11. The minimum Gasteiger partial charge on any atom is -0.360 e. The predicted octanol–water partition coefficient (Wildman–Crippen LogP) is 2.94. The minimum absolute atomic E-state index is 0.822. The van der Waals surface area contributed by atoms with Crippen LogP contribution in [0.15, 0.2) is 48.5 Å². The normalized spacial score (nSPS) is 15.7. The molecule has 4 rings (SSSR count). The molecule has 1 saturated heterocycles. The van der Waals surface area contributed by atoms with Crippen LogP contribution in [0.5, 0.6) is 0 Å². The first kappa shape index (κ1) is 17.4. The largest absolute Gasteiger partial charge is 0.360 e. The van der Waals surface area contributed by atoms with Crippen LogP contribution in [0.25, 0.3) is 11.0 Å². The van der Waals surface area contributed by atoms with Gasteiger partial charge in [-0.25, -0.2) is 4.98 Å². The predicted molar refractivity (Wildman–Crippen MR) is 108 cm³/mol. The molecule has 1 aliphatic heterocycles. The minimum atomic E-state index is 0.822. The van der Waals surface area contributed by atoms with Gasteiger partial charge < -0.3 is 14.8 Å². The Hall–Kier alpha value is -2.04. The second-order valence-electron chi connectivity index (χ2n) is 7.12. The number of aryl methyl sites for hydroxylation is 1. The van der Waals surface area contributed by atoms with E-state index in [9.17, 15) is 0 Å². The lowest BCUT2D eigenvalue weighted by Crippen LogP contribution is -3.14. The molecule has 0 unspecified atom stereocenters. The van der Waals surface area contributed by atoms with Crippen molar-refractivity contribution in [2.24, 2.45) is 0 Å². The molecule has 1 aromatic heterocycles. The van der Waals surface area contributed by atoms with Gasteiger partial charge in [-0.05, 0) is 43.2 Å². The summed E-state index contributed by atoms with van der Waals surface area (Å²) in [5.74, 6) is 1.12. The summed E-state index contributed by atoms with van der Waals surface area (Å²) < 4.78 is 0. The molecule has 1 fully saturated rings. The Kier molecular flexibility index (Phi) is 5.42. The van der Waals surface area contributed by atoms with E-state index in [-0.39, 0.29) is 0 Å². The number of hydrogen-bond acceptors (Lipinski definition) is 2. The van der Waals surface area contributed by atoms with E-state index in [0.29, 0.717) is 0 Å². The van der Waals surface area contributed by atoms with Gasteiger partial charge >= 0.3 is 0 Å². The average Bonchev–Trinajstić information content (AvgIpc) is 3.09. The number of fused-ring (bicyclic) bond motifs is 1. The van der Waals surface area contributed by atoms with Gasteiger partial charge in [0.1, 0.15) is 5.82 Å². The number of unbranched alkanes of at least 4 members (excludes halogenated alkanes) is 1. The number of anilines is 1. The third-order valence-corrected chi connectivity index (χ3v) is 5.51. The van der Waals surface area contributed by atoms with Gasteiger partial charge in [0.05, 0.1) is 43.8 Å². The lowest BCUT2D eigenvalue weighted by Gasteiger charge is -2.33. The van der Waals surface area contributed by atoms with Gasteiger partial charge in [-0.1, -0.05) is 29.8 Å². The third-order valence-electron chi connectivity index (χ3n) is 5.28. The van der Waals surface area contributed by atoms with Gasteiger partial charge in [-0.3, -0.25) is 0 Å². The fourth-order valence-electron chi connectivity index (χ4n) is 3.80. The van der Waals surface area contributed by atoms with Crippen molar-refractivity contribution in [1.29, 1.82) is 0 Å². The molecule has 2 aromatic carbocycles. The molecule has 2 heterocycles. The Morgan fingerprint density at radius 2 is 1.88 bits per heavy atom. The number of para-hydroxylation sites is 2. The quantitative estimate of drug-likeness (QED) is 0.655. The summed E-state index contributed by atoms with van der Waals surface area (Å²) in [6.07, 6.45) is 3.49. The number of imidazole rings is 1. The first-order valence-corrected chi connectivity index (χ1v) is 9.93. The SMILES string of the molecule is Clc1cccc(N2CC[NH+](CCCCc3nc4ccccc4[nH]3)CC2)c1. The van der Waals surface area contributed by atoms with Crippen molar-refractivity contribution in [3.63, 3.8) is 0 Å². The number of nitrogens with one attached hydrogen (secondary N) is 2. The fourth-order valence-corrected chi connectivity index (χ4v) is 3.98. The second-order valence-corrected chi connectivity index (χ2v) is 7.56. The number of hydrogen-bond donors (Lipinski definition) is 2. The molecule has 0 amide bonds. The van der Waals surface area contributed by atoms with E-state index in [1.807, 2.05) is 18.2 Å². The molecule has 0 radical (unpaired) electrons. The van der Waals surface area contributed by atoms with E-state index >= 15 is 0 Å². The summed E-state index contributed by atoms with van der Waals surface area (Å²) in [5.41, 5.74) is 3.47. The van der Waals surface area contributed by atoms with Gasteiger partial charge in [0.25, 0.3) is 0 Å². The zero-order valence-electron chi connectivity index (χ0n) is 15.0. The number of nitrogens with zero attached hydrogens (tertiary/aromatic N) is 2. The monoisotopic (exact) mass is 369 g/mol. The number of quaternary nitrogens is 1. The van der Waals surface area contributed by atoms with Crippen LogP contribution in [0.2, 0.25) is 5.02 Å². The topological polar surface area (TPSA) is 36.4 Å². The molecule has 136 valence electrons. The Morgan fingerprint density at radius 1 is 1.04 bits per heavy atom. The zero-order chi connectivity index (χ0) is 17.8. The number of rotatable bonds is 6. The van der Waals surface area contributed by atoms with Crippen molar-refractivity contribution < 1.29 is 4.90 Å². The summed E-state index contributed by atoms with van der Waals surface area (Å²) in [6.45, 7) is 5.89. The highest BCUT2D eigenvalue weighted by molar-refractivity contribution is 6.30. The molecule has 5 heteroatoms. The maximum Gasteiger partial charge on any atom is 0.107 e. The van der Waals surface area contributed by atoms with E-state index in [1.54, 1.807) is 4.90 Å².